The van der Waals surface area contributed by atoms with Crippen LogP contribution in [0.4, 0.5) is 0 Å². The molecule has 0 saturated carbocycles. The summed E-state index contributed by atoms with van der Waals surface area (Å²) in [5.74, 6) is 0.501. The molecule has 2 rings (SSSR count). The first-order chi connectivity index (χ1) is 10.3. The van der Waals surface area contributed by atoms with E-state index in [9.17, 15) is 0 Å². The van der Waals surface area contributed by atoms with E-state index in [1.807, 2.05) is 24.4 Å². The van der Waals surface area contributed by atoms with Crippen molar-refractivity contribution in [2.75, 3.05) is 6.54 Å². The van der Waals surface area contributed by atoms with Crippen molar-refractivity contribution < 1.29 is 0 Å². The van der Waals surface area contributed by atoms with Crippen LogP contribution in [0.1, 0.15) is 38.3 Å². The van der Waals surface area contributed by atoms with Gasteiger partial charge in [-0.25, -0.2) is 4.99 Å². The molecule has 4 nitrogen and oxygen atoms in total. The molecule has 0 bridgehead atoms. The van der Waals surface area contributed by atoms with E-state index < -0.39 is 0 Å². The number of guanidine groups is 1. The number of hydrogen-bond acceptors (Lipinski definition) is 2. The van der Waals surface area contributed by atoms with Crippen LogP contribution in [-0.2, 0) is 6.54 Å². The monoisotopic (exact) mass is 412 g/mol. The van der Waals surface area contributed by atoms with E-state index >= 15 is 0 Å². The molecule has 0 unspecified atom stereocenters. The van der Waals surface area contributed by atoms with Crippen LogP contribution in [-0.4, -0.2) is 17.5 Å². The van der Waals surface area contributed by atoms with Crippen LogP contribution in [0, 0.1) is 0 Å². The lowest BCUT2D eigenvalue weighted by atomic mass is 10.1. The summed E-state index contributed by atoms with van der Waals surface area (Å²) in [6, 6.07) is 10.2. The van der Waals surface area contributed by atoms with Gasteiger partial charge in [0.2, 0.25) is 0 Å². The van der Waals surface area contributed by atoms with Gasteiger partial charge in [-0.05, 0) is 17.9 Å². The lowest BCUT2D eigenvalue weighted by Crippen LogP contribution is -2.32. The molecular weight excluding hydrogens is 387 g/mol. The van der Waals surface area contributed by atoms with Crippen molar-refractivity contribution in [1.82, 2.24) is 10.3 Å². The normalized spacial score (nSPS) is 11.2. The first kappa shape index (κ1) is 18.7. The summed E-state index contributed by atoms with van der Waals surface area (Å²) in [4.78, 5) is 8.79. The van der Waals surface area contributed by atoms with Crippen molar-refractivity contribution in [3.05, 3.63) is 42.2 Å². The molecule has 0 saturated heterocycles. The highest BCUT2D eigenvalue weighted by atomic mass is 127. The number of aliphatic imine (C=N–C) groups is 1. The van der Waals surface area contributed by atoms with Crippen molar-refractivity contribution in [3.63, 3.8) is 0 Å². The highest BCUT2D eigenvalue weighted by molar-refractivity contribution is 14.0. The smallest absolute Gasteiger partial charge is 0.188 e. The average molecular weight is 412 g/mol. The van der Waals surface area contributed by atoms with Crippen molar-refractivity contribution in [3.8, 4) is 0 Å². The van der Waals surface area contributed by atoms with Gasteiger partial charge in [0.1, 0.15) is 0 Å². The molecule has 1 aromatic carbocycles. The summed E-state index contributed by atoms with van der Waals surface area (Å²) >= 11 is 0. The first-order valence-corrected chi connectivity index (χ1v) is 7.67. The summed E-state index contributed by atoms with van der Waals surface area (Å²) < 4.78 is 0. The Morgan fingerprint density at radius 1 is 1.18 bits per heavy atom. The maximum Gasteiger partial charge on any atom is 0.188 e. The number of pyridine rings is 1. The van der Waals surface area contributed by atoms with Crippen LogP contribution in [0.25, 0.3) is 10.8 Å². The van der Waals surface area contributed by atoms with Gasteiger partial charge in [0.15, 0.2) is 5.96 Å². The molecule has 3 N–H and O–H groups in total. The molecule has 22 heavy (non-hydrogen) atoms. The van der Waals surface area contributed by atoms with Crippen LogP contribution in [0.5, 0.6) is 0 Å². The maximum atomic E-state index is 5.89. The Kier molecular flexibility index (Phi) is 8.81. The third-order valence-electron chi connectivity index (χ3n) is 3.49. The molecule has 0 atom stereocenters. The summed E-state index contributed by atoms with van der Waals surface area (Å²) in [5, 5.41) is 5.48. The lowest BCUT2D eigenvalue weighted by Gasteiger charge is -2.06. The van der Waals surface area contributed by atoms with Gasteiger partial charge in [-0.3, -0.25) is 4.98 Å². The number of hydrogen-bond donors (Lipinski definition) is 2. The number of halogens is 1. The molecule has 0 fully saturated rings. The highest BCUT2D eigenvalue weighted by Gasteiger charge is 2.01. The summed E-state index contributed by atoms with van der Waals surface area (Å²) in [7, 11) is 0. The summed E-state index contributed by atoms with van der Waals surface area (Å²) in [5.41, 5.74) is 6.85. The number of aromatic nitrogens is 1. The van der Waals surface area contributed by atoms with E-state index in [4.69, 9.17) is 5.73 Å². The van der Waals surface area contributed by atoms with Crippen LogP contribution in [0.15, 0.2) is 41.5 Å². The van der Waals surface area contributed by atoms with Gasteiger partial charge in [0.25, 0.3) is 0 Å². The minimum atomic E-state index is 0. The Labute approximate surface area is 149 Å². The number of nitrogens with zero attached hydrogens (tertiary/aromatic N) is 2. The van der Waals surface area contributed by atoms with Crippen LogP contribution >= 0.6 is 24.0 Å². The maximum absolute atomic E-state index is 5.89. The molecule has 2 aromatic rings. The molecule has 1 heterocycles. The Balaban J connectivity index is 0.00000242. The van der Waals surface area contributed by atoms with Gasteiger partial charge in [-0.2, -0.15) is 0 Å². The van der Waals surface area contributed by atoms with Gasteiger partial charge in [-0.1, -0.05) is 50.5 Å². The van der Waals surface area contributed by atoms with E-state index in [0.717, 1.165) is 24.0 Å². The van der Waals surface area contributed by atoms with Crippen LogP contribution < -0.4 is 11.1 Å². The zero-order valence-corrected chi connectivity index (χ0v) is 15.4. The van der Waals surface area contributed by atoms with Gasteiger partial charge in [-0.15, -0.1) is 24.0 Å². The molecule has 1 aromatic heterocycles. The van der Waals surface area contributed by atoms with Gasteiger partial charge in [0.05, 0.1) is 12.2 Å². The zero-order valence-electron chi connectivity index (χ0n) is 13.1. The molecule has 0 radical (unpaired) electrons. The molecule has 0 spiro atoms. The third kappa shape index (κ3) is 5.79. The molecule has 120 valence electrons. The first-order valence-electron chi connectivity index (χ1n) is 7.67. The number of unbranched alkanes of at least 4 members (excludes halogenated alkanes) is 3. The van der Waals surface area contributed by atoms with E-state index in [-0.39, 0.29) is 24.0 Å². The highest BCUT2D eigenvalue weighted by Crippen LogP contribution is 2.16. The quantitative estimate of drug-likeness (QED) is 0.314. The van der Waals surface area contributed by atoms with E-state index in [1.54, 1.807) is 0 Å². The summed E-state index contributed by atoms with van der Waals surface area (Å²) in [6.07, 6.45) is 6.72. The number of nitrogens with one attached hydrogen (secondary N) is 1. The fourth-order valence-electron chi connectivity index (χ4n) is 2.29. The van der Waals surface area contributed by atoms with E-state index in [0.29, 0.717) is 12.5 Å². The Bertz CT molecular complexity index is 593. The minimum absolute atomic E-state index is 0. The van der Waals surface area contributed by atoms with E-state index in [1.165, 1.54) is 24.6 Å². The van der Waals surface area contributed by atoms with Crippen LogP contribution in [0.3, 0.4) is 0 Å². The topological polar surface area (TPSA) is 63.3 Å². The molecule has 0 amide bonds. The number of nitrogens with two attached hydrogens (primary N) is 1. The molecule has 0 aliphatic heterocycles. The van der Waals surface area contributed by atoms with Gasteiger partial charge in [0, 0.05) is 18.1 Å². The second-order valence-corrected chi connectivity index (χ2v) is 5.17. The average Bonchev–Trinajstić information content (AvgIpc) is 2.52. The van der Waals surface area contributed by atoms with E-state index in [2.05, 4.69) is 34.3 Å². The van der Waals surface area contributed by atoms with Gasteiger partial charge >= 0.3 is 0 Å². The molecular formula is C17H25IN4. The summed E-state index contributed by atoms with van der Waals surface area (Å²) in [6.45, 7) is 3.61. The second-order valence-electron chi connectivity index (χ2n) is 5.17. The largest absolute Gasteiger partial charge is 0.370 e. The second kappa shape index (κ2) is 10.4. The number of rotatable bonds is 7. The molecule has 5 heteroatoms. The minimum Gasteiger partial charge on any atom is -0.370 e. The fourth-order valence-corrected chi connectivity index (χ4v) is 2.29. The fraction of sp³-hybridized carbons (Fsp3) is 0.412. The van der Waals surface area contributed by atoms with Crippen molar-refractivity contribution >= 4 is 40.7 Å². The SMILES string of the molecule is CCCCCCNC(N)=NCc1nccc2ccccc12.I. The van der Waals surface area contributed by atoms with Crippen molar-refractivity contribution in [2.45, 2.75) is 39.2 Å². The predicted molar refractivity (Wildman–Crippen MR) is 105 cm³/mol. The lowest BCUT2D eigenvalue weighted by molar-refractivity contribution is 0.652. The van der Waals surface area contributed by atoms with Gasteiger partial charge < -0.3 is 11.1 Å². The van der Waals surface area contributed by atoms with Crippen LogP contribution in [0.2, 0.25) is 0 Å². The molecule has 0 aliphatic carbocycles. The Morgan fingerprint density at radius 2 is 2.00 bits per heavy atom. The Hall–Kier alpha value is -1.37. The standard InChI is InChI=1S/C17H24N4.HI/c1-2-3-4-7-11-20-17(18)21-13-16-15-9-6-5-8-14(15)10-12-19-16;/h5-6,8-10,12H,2-4,7,11,13H2,1H3,(H3,18,20,21);1H. The van der Waals surface area contributed by atoms with Crippen molar-refractivity contribution in [2.24, 2.45) is 10.7 Å². The predicted octanol–water partition coefficient (Wildman–Crippen LogP) is 3.84. The number of fused-ring (bicyclic) bond motifs is 1. The van der Waals surface area contributed by atoms with Crippen molar-refractivity contribution in [1.29, 1.82) is 0 Å². The Morgan fingerprint density at radius 3 is 2.82 bits per heavy atom. The third-order valence-corrected chi connectivity index (χ3v) is 3.49. The zero-order chi connectivity index (χ0) is 14.9. The number of benzene rings is 1. The molecule has 0 aliphatic rings.